The maximum atomic E-state index is 13.1. The van der Waals surface area contributed by atoms with Crippen molar-refractivity contribution >= 4 is 29.2 Å². The quantitative estimate of drug-likeness (QED) is 0.741. The zero-order chi connectivity index (χ0) is 20.2. The molecule has 5 nitrogen and oxygen atoms in total. The Balaban J connectivity index is 2.08. The van der Waals surface area contributed by atoms with Gasteiger partial charge >= 0.3 is 12.1 Å². The van der Waals surface area contributed by atoms with Gasteiger partial charge in [-0.25, -0.2) is 4.79 Å². The standard InChI is InChI=1S/C18H15ClF3NO4/c1-10(27-17(26)12-4-2-11(9-24)3-5-12)16(25)23-15-7-6-13(19)8-14(15)18(20,21)22/h2-8,10,24H,9H2,1H3,(H,23,25). The maximum Gasteiger partial charge on any atom is 0.418 e. The van der Waals surface area contributed by atoms with Crippen LogP contribution in [-0.4, -0.2) is 23.1 Å². The normalized spacial score (nSPS) is 12.4. The Labute approximate surface area is 157 Å². The van der Waals surface area contributed by atoms with Crippen LogP contribution in [0.4, 0.5) is 18.9 Å². The summed E-state index contributed by atoms with van der Waals surface area (Å²) < 4.78 is 44.2. The highest BCUT2D eigenvalue weighted by atomic mass is 35.5. The summed E-state index contributed by atoms with van der Waals surface area (Å²) in [6, 6.07) is 8.72. The van der Waals surface area contributed by atoms with Gasteiger partial charge in [0.2, 0.25) is 0 Å². The minimum atomic E-state index is -4.72. The Morgan fingerprint density at radius 2 is 1.81 bits per heavy atom. The fraction of sp³-hybridized carbons (Fsp3) is 0.222. The van der Waals surface area contributed by atoms with Crippen LogP contribution in [0.1, 0.15) is 28.4 Å². The summed E-state index contributed by atoms with van der Waals surface area (Å²) in [5, 5.41) is 10.9. The smallest absolute Gasteiger partial charge is 0.418 e. The van der Waals surface area contributed by atoms with Gasteiger partial charge in [-0.15, -0.1) is 0 Å². The number of hydrogen-bond donors (Lipinski definition) is 2. The van der Waals surface area contributed by atoms with E-state index in [1.807, 2.05) is 0 Å². The summed E-state index contributed by atoms with van der Waals surface area (Å²) in [4.78, 5) is 24.1. The van der Waals surface area contributed by atoms with Gasteiger partial charge in [0.05, 0.1) is 23.4 Å². The third-order valence-corrected chi connectivity index (χ3v) is 3.81. The lowest BCUT2D eigenvalue weighted by atomic mass is 10.1. The largest absolute Gasteiger partial charge is 0.449 e. The van der Waals surface area contributed by atoms with Crippen molar-refractivity contribution in [2.45, 2.75) is 25.8 Å². The molecule has 0 saturated carbocycles. The highest BCUT2D eigenvalue weighted by Crippen LogP contribution is 2.36. The number of aliphatic hydroxyl groups excluding tert-OH is 1. The van der Waals surface area contributed by atoms with E-state index in [-0.39, 0.29) is 17.2 Å². The molecule has 0 bridgehead atoms. The Morgan fingerprint density at radius 1 is 1.19 bits per heavy atom. The number of carbonyl (C=O) groups is 2. The van der Waals surface area contributed by atoms with Gasteiger partial charge in [0.15, 0.2) is 6.10 Å². The number of carbonyl (C=O) groups excluding carboxylic acids is 2. The molecule has 0 heterocycles. The van der Waals surface area contributed by atoms with E-state index in [4.69, 9.17) is 21.4 Å². The van der Waals surface area contributed by atoms with Crippen molar-refractivity contribution in [2.24, 2.45) is 0 Å². The number of nitrogens with one attached hydrogen (secondary N) is 1. The van der Waals surface area contributed by atoms with Crippen LogP contribution in [0.15, 0.2) is 42.5 Å². The number of anilines is 1. The van der Waals surface area contributed by atoms with Crippen molar-refractivity contribution < 1.29 is 32.6 Å². The minimum absolute atomic E-state index is 0.133. The predicted molar refractivity (Wildman–Crippen MR) is 92.3 cm³/mol. The second-order valence-corrected chi connectivity index (χ2v) is 6.02. The van der Waals surface area contributed by atoms with Crippen LogP contribution < -0.4 is 5.32 Å². The number of halogens is 4. The van der Waals surface area contributed by atoms with Gasteiger partial charge in [0.25, 0.3) is 5.91 Å². The first-order valence-electron chi connectivity index (χ1n) is 7.70. The first kappa shape index (κ1) is 20.7. The summed E-state index contributed by atoms with van der Waals surface area (Å²) >= 11 is 5.58. The maximum absolute atomic E-state index is 13.1. The van der Waals surface area contributed by atoms with Gasteiger partial charge in [0.1, 0.15) is 0 Å². The lowest BCUT2D eigenvalue weighted by molar-refractivity contribution is -0.137. The molecule has 0 saturated heterocycles. The first-order valence-corrected chi connectivity index (χ1v) is 8.08. The fourth-order valence-corrected chi connectivity index (χ4v) is 2.29. The van der Waals surface area contributed by atoms with Crippen LogP contribution in [0, 0.1) is 0 Å². The summed E-state index contributed by atoms with van der Waals surface area (Å²) in [6.07, 6.45) is -6.06. The highest BCUT2D eigenvalue weighted by molar-refractivity contribution is 6.30. The molecule has 2 N–H and O–H groups in total. The molecule has 0 aliphatic carbocycles. The second-order valence-electron chi connectivity index (χ2n) is 5.58. The molecule has 2 aromatic rings. The van der Waals surface area contributed by atoms with Gasteiger partial charge in [-0.3, -0.25) is 4.79 Å². The number of aliphatic hydroxyl groups is 1. The molecule has 0 spiro atoms. The molecule has 0 radical (unpaired) electrons. The lowest BCUT2D eigenvalue weighted by Crippen LogP contribution is -2.30. The number of hydrogen-bond acceptors (Lipinski definition) is 4. The van der Waals surface area contributed by atoms with Gasteiger partial charge < -0.3 is 15.2 Å². The summed E-state index contributed by atoms with van der Waals surface area (Å²) in [5.74, 6) is -1.75. The zero-order valence-electron chi connectivity index (χ0n) is 14.0. The topological polar surface area (TPSA) is 75.6 Å². The summed E-state index contributed by atoms with van der Waals surface area (Å²) in [5.41, 5.74) is -0.886. The van der Waals surface area contributed by atoms with Crippen molar-refractivity contribution in [3.05, 3.63) is 64.2 Å². The number of rotatable bonds is 5. The van der Waals surface area contributed by atoms with Crippen LogP contribution in [-0.2, 0) is 22.3 Å². The van der Waals surface area contributed by atoms with Crippen molar-refractivity contribution in [3.8, 4) is 0 Å². The van der Waals surface area contributed by atoms with Crippen molar-refractivity contribution in [2.75, 3.05) is 5.32 Å². The van der Waals surface area contributed by atoms with E-state index < -0.39 is 35.4 Å². The molecule has 0 aromatic heterocycles. The van der Waals surface area contributed by atoms with E-state index in [0.29, 0.717) is 11.6 Å². The minimum Gasteiger partial charge on any atom is -0.449 e. The number of alkyl halides is 3. The van der Waals surface area contributed by atoms with Crippen molar-refractivity contribution in [1.82, 2.24) is 0 Å². The number of amides is 1. The van der Waals surface area contributed by atoms with Crippen LogP contribution in [0.3, 0.4) is 0 Å². The Morgan fingerprint density at radius 3 is 2.37 bits per heavy atom. The van der Waals surface area contributed by atoms with E-state index in [9.17, 15) is 22.8 Å². The summed E-state index contributed by atoms with van der Waals surface area (Å²) in [6.45, 7) is 1.04. The number of esters is 1. The SMILES string of the molecule is CC(OC(=O)c1ccc(CO)cc1)C(=O)Nc1ccc(Cl)cc1C(F)(F)F. The van der Waals surface area contributed by atoms with Crippen molar-refractivity contribution in [1.29, 1.82) is 0 Å². The third kappa shape index (κ3) is 5.45. The van der Waals surface area contributed by atoms with Crippen LogP contribution in [0.5, 0.6) is 0 Å². The summed E-state index contributed by atoms with van der Waals surface area (Å²) in [7, 11) is 0. The molecule has 2 rings (SSSR count). The van der Waals surface area contributed by atoms with Gasteiger partial charge in [0, 0.05) is 5.02 Å². The third-order valence-electron chi connectivity index (χ3n) is 3.57. The Kier molecular flexibility index (Phi) is 6.45. The van der Waals surface area contributed by atoms with E-state index in [1.165, 1.54) is 37.3 Å². The number of ether oxygens (including phenoxy) is 1. The molecule has 1 amide bonds. The lowest BCUT2D eigenvalue weighted by Gasteiger charge is -2.17. The molecule has 2 aromatic carbocycles. The highest BCUT2D eigenvalue weighted by Gasteiger charge is 2.34. The molecular formula is C18H15ClF3NO4. The Bertz CT molecular complexity index is 837. The first-order chi connectivity index (χ1) is 12.6. The molecule has 1 unspecified atom stereocenters. The fourth-order valence-electron chi connectivity index (χ4n) is 2.12. The van der Waals surface area contributed by atoms with E-state index in [0.717, 1.165) is 6.07 Å². The predicted octanol–water partition coefficient (Wildman–Crippen LogP) is 4.04. The van der Waals surface area contributed by atoms with Gasteiger partial charge in [-0.2, -0.15) is 13.2 Å². The monoisotopic (exact) mass is 401 g/mol. The Hall–Kier alpha value is -2.58. The zero-order valence-corrected chi connectivity index (χ0v) is 14.8. The molecule has 27 heavy (non-hydrogen) atoms. The van der Waals surface area contributed by atoms with Crippen LogP contribution in [0.2, 0.25) is 5.02 Å². The van der Waals surface area contributed by atoms with E-state index in [1.54, 1.807) is 0 Å². The molecule has 0 aliphatic heterocycles. The van der Waals surface area contributed by atoms with Crippen molar-refractivity contribution in [3.63, 3.8) is 0 Å². The number of benzene rings is 2. The van der Waals surface area contributed by atoms with Gasteiger partial charge in [-0.1, -0.05) is 23.7 Å². The average molecular weight is 402 g/mol. The van der Waals surface area contributed by atoms with E-state index in [2.05, 4.69) is 5.32 Å². The molecule has 9 heteroatoms. The molecule has 1 atom stereocenters. The molecule has 0 aliphatic rings. The van der Waals surface area contributed by atoms with Crippen LogP contribution in [0.25, 0.3) is 0 Å². The van der Waals surface area contributed by atoms with Crippen LogP contribution >= 0.6 is 11.6 Å². The van der Waals surface area contributed by atoms with E-state index >= 15 is 0 Å². The average Bonchev–Trinajstić information content (AvgIpc) is 2.62. The second kappa shape index (κ2) is 8.41. The molecule has 144 valence electrons. The molecular weight excluding hydrogens is 387 g/mol. The molecule has 0 fully saturated rings. The van der Waals surface area contributed by atoms with Gasteiger partial charge in [-0.05, 0) is 42.8 Å².